The lowest BCUT2D eigenvalue weighted by molar-refractivity contribution is -0.124. The van der Waals surface area contributed by atoms with E-state index in [-0.39, 0.29) is 23.8 Å². The van der Waals surface area contributed by atoms with Crippen molar-refractivity contribution in [2.24, 2.45) is 5.92 Å². The molecule has 1 aliphatic rings. The average molecular weight is 380 g/mol. The summed E-state index contributed by atoms with van der Waals surface area (Å²) in [5, 5.41) is 2.89. The first-order valence-electron chi connectivity index (χ1n) is 9.82. The third-order valence-corrected chi connectivity index (χ3v) is 5.55. The molecule has 2 aromatic carbocycles. The van der Waals surface area contributed by atoms with Gasteiger partial charge in [-0.2, -0.15) is 0 Å². The van der Waals surface area contributed by atoms with Gasteiger partial charge in [0.1, 0.15) is 5.75 Å². The summed E-state index contributed by atoms with van der Waals surface area (Å²) in [5.41, 5.74) is 2.80. The van der Waals surface area contributed by atoms with Gasteiger partial charge in [-0.15, -0.1) is 0 Å². The zero-order chi connectivity index (χ0) is 20.1. The number of hydrogen-bond donors (Lipinski definition) is 1. The SMILES string of the molecule is CCNC(=O)[C@H]1CC[C@@H](N(C)C(=O)c2ccc(-c3ccc(OC)cc3)cc2)C1. The average Bonchev–Trinajstić information content (AvgIpc) is 3.23. The van der Waals surface area contributed by atoms with Crippen molar-refractivity contribution < 1.29 is 14.3 Å². The molecule has 2 aromatic rings. The molecule has 5 nitrogen and oxygen atoms in total. The van der Waals surface area contributed by atoms with Crippen LogP contribution in [0.4, 0.5) is 0 Å². The maximum atomic E-state index is 12.9. The fourth-order valence-corrected chi connectivity index (χ4v) is 3.82. The first kappa shape index (κ1) is 19.9. The Morgan fingerprint density at radius 1 is 1.04 bits per heavy atom. The molecule has 2 atom stereocenters. The number of hydrogen-bond acceptors (Lipinski definition) is 3. The number of nitrogens with zero attached hydrogens (tertiary/aromatic N) is 1. The molecule has 148 valence electrons. The van der Waals surface area contributed by atoms with Crippen LogP contribution in [0.15, 0.2) is 48.5 Å². The van der Waals surface area contributed by atoms with Crippen molar-refractivity contribution in [2.45, 2.75) is 32.2 Å². The van der Waals surface area contributed by atoms with E-state index < -0.39 is 0 Å². The molecule has 1 aliphatic carbocycles. The Bertz CT molecular complexity index is 815. The van der Waals surface area contributed by atoms with Crippen molar-refractivity contribution in [3.8, 4) is 16.9 Å². The highest BCUT2D eigenvalue weighted by Crippen LogP contribution is 2.30. The van der Waals surface area contributed by atoms with Crippen LogP contribution in [0.3, 0.4) is 0 Å². The maximum absolute atomic E-state index is 12.9. The molecular weight excluding hydrogens is 352 g/mol. The number of rotatable bonds is 6. The van der Waals surface area contributed by atoms with Crippen LogP contribution in [-0.4, -0.2) is 43.5 Å². The van der Waals surface area contributed by atoms with Gasteiger partial charge in [-0.3, -0.25) is 9.59 Å². The zero-order valence-electron chi connectivity index (χ0n) is 16.8. The van der Waals surface area contributed by atoms with Gasteiger partial charge in [-0.05, 0) is 61.6 Å². The highest BCUT2D eigenvalue weighted by Gasteiger charge is 2.33. The van der Waals surface area contributed by atoms with Gasteiger partial charge in [0.05, 0.1) is 7.11 Å². The summed E-state index contributed by atoms with van der Waals surface area (Å²) in [6.07, 6.45) is 2.44. The molecule has 0 bridgehead atoms. The molecule has 0 aromatic heterocycles. The molecule has 0 unspecified atom stereocenters. The van der Waals surface area contributed by atoms with Gasteiger partial charge >= 0.3 is 0 Å². The third kappa shape index (κ3) is 4.35. The fraction of sp³-hybridized carbons (Fsp3) is 0.391. The van der Waals surface area contributed by atoms with Gasteiger partial charge in [0.2, 0.25) is 5.91 Å². The first-order chi connectivity index (χ1) is 13.5. The second kappa shape index (κ2) is 8.91. The highest BCUT2D eigenvalue weighted by molar-refractivity contribution is 5.95. The Kier molecular flexibility index (Phi) is 6.34. The molecular formula is C23H28N2O3. The van der Waals surface area contributed by atoms with Crippen molar-refractivity contribution in [3.05, 3.63) is 54.1 Å². The summed E-state index contributed by atoms with van der Waals surface area (Å²) in [6, 6.07) is 15.6. The topological polar surface area (TPSA) is 58.6 Å². The minimum Gasteiger partial charge on any atom is -0.497 e. The summed E-state index contributed by atoms with van der Waals surface area (Å²) in [7, 11) is 3.49. The Hall–Kier alpha value is -2.82. The van der Waals surface area contributed by atoms with Crippen molar-refractivity contribution in [1.82, 2.24) is 10.2 Å². The van der Waals surface area contributed by atoms with E-state index in [2.05, 4.69) is 5.32 Å². The Labute approximate surface area is 166 Å². The number of carbonyl (C=O) groups is 2. The predicted octanol–water partition coefficient (Wildman–Crippen LogP) is 3.74. The number of benzene rings is 2. The number of methoxy groups -OCH3 is 1. The van der Waals surface area contributed by atoms with E-state index in [4.69, 9.17) is 4.74 Å². The lowest BCUT2D eigenvalue weighted by atomic mass is 10.0. The molecule has 3 rings (SSSR count). The van der Waals surface area contributed by atoms with Crippen molar-refractivity contribution in [3.63, 3.8) is 0 Å². The fourth-order valence-electron chi connectivity index (χ4n) is 3.82. The quantitative estimate of drug-likeness (QED) is 0.831. The number of amides is 2. The number of carbonyl (C=O) groups excluding carboxylic acids is 2. The second-order valence-electron chi connectivity index (χ2n) is 7.28. The minimum atomic E-state index is 0.00262. The Morgan fingerprint density at radius 3 is 2.21 bits per heavy atom. The Morgan fingerprint density at radius 2 is 1.64 bits per heavy atom. The molecule has 0 radical (unpaired) electrons. The predicted molar refractivity (Wildman–Crippen MR) is 110 cm³/mol. The molecule has 0 saturated heterocycles. The monoisotopic (exact) mass is 380 g/mol. The lowest BCUT2D eigenvalue weighted by Crippen LogP contribution is -2.36. The summed E-state index contributed by atoms with van der Waals surface area (Å²) < 4.78 is 5.19. The van der Waals surface area contributed by atoms with Crippen molar-refractivity contribution in [1.29, 1.82) is 0 Å². The molecule has 28 heavy (non-hydrogen) atoms. The van der Waals surface area contributed by atoms with Crippen LogP contribution in [0.2, 0.25) is 0 Å². The largest absolute Gasteiger partial charge is 0.497 e. The molecule has 5 heteroatoms. The van der Waals surface area contributed by atoms with Crippen LogP contribution < -0.4 is 10.1 Å². The van der Waals surface area contributed by atoms with Crippen LogP contribution in [0.25, 0.3) is 11.1 Å². The molecule has 2 amide bonds. The molecule has 1 fully saturated rings. The molecule has 1 saturated carbocycles. The van der Waals surface area contributed by atoms with Gasteiger partial charge in [0.25, 0.3) is 5.91 Å². The molecule has 0 heterocycles. The van der Waals surface area contributed by atoms with Gasteiger partial charge in [-0.1, -0.05) is 24.3 Å². The second-order valence-corrected chi connectivity index (χ2v) is 7.28. The van der Waals surface area contributed by atoms with E-state index in [0.29, 0.717) is 12.1 Å². The maximum Gasteiger partial charge on any atom is 0.253 e. The van der Waals surface area contributed by atoms with Crippen LogP contribution >= 0.6 is 0 Å². The van der Waals surface area contributed by atoms with Crippen molar-refractivity contribution >= 4 is 11.8 Å². The summed E-state index contributed by atoms with van der Waals surface area (Å²) in [5.74, 6) is 0.940. The molecule has 1 N–H and O–H groups in total. The Balaban J connectivity index is 1.64. The van der Waals surface area contributed by atoms with E-state index >= 15 is 0 Å². The summed E-state index contributed by atoms with van der Waals surface area (Å²) in [4.78, 5) is 26.7. The van der Waals surface area contributed by atoms with E-state index in [0.717, 1.165) is 36.1 Å². The zero-order valence-corrected chi connectivity index (χ0v) is 16.8. The number of ether oxygens (including phenoxy) is 1. The van der Waals surface area contributed by atoms with Crippen LogP contribution in [-0.2, 0) is 4.79 Å². The third-order valence-electron chi connectivity index (χ3n) is 5.55. The molecule has 0 spiro atoms. The van der Waals surface area contributed by atoms with E-state index in [9.17, 15) is 9.59 Å². The number of nitrogens with one attached hydrogen (secondary N) is 1. The standard InChI is InChI=1S/C23H28N2O3/c1-4-24-22(26)19-9-12-20(15-19)25(2)23(27)18-7-5-16(6-8-18)17-10-13-21(28-3)14-11-17/h5-8,10-11,13-14,19-20H,4,9,12,15H2,1-3H3,(H,24,26)/t19-,20+/m0/s1. The van der Waals surface area contributed by atoms with E-state index in [1.54, 1.807) is 12.0 Å². The van der Waals surface area contributed by atoms with Gasteiger partial charge in [-0.25, -0.2) is 0 Å². The smallest absolute Gasteiger partial charge is 0.253 e. The lowest BCUT2D eigenvalue weighted by Gasteiger charge is -2.25. The first-order valence-corrected chi connectivity index (χ1v) is 9.82. The molecule has 0 aliphatic heterocycles. The van der Waals surface area contributed by atoms with Gasteiger partial charge in [0, 0.05) is 31.1 Å². The van der Waals surface area contributed by atoms with Gasteiger partial charge in [0.15, 0.2) is 0 Å². The van der Waals surface area contributed by atoms with Crippen LogP contribution in [0, 0.1) is 5.92 Å². The highest BCUT2D eigenvalue weighted by atomic mass is 16.5. The van der Waals surface area contributed by atoms with Crippen LogP contribution in [0.5, 0.6) is 5.75 Å². The van der Waals surface area contributed by atoms with E-state index in [1.807, 2.05) is 62.5 Å². The van der Waals surface area contributed by atoms with Crippen LogP contribution in [0.1, 0.15) is 36.5 Å². The summed E-state index contributed by atoms with van der Waals surface area (Å²) in [6.45, 7) is 2.57. The van der Waals surface area contributed by atoms with Crippen molar-refractivity contribution in [2.75, 3.05) is 20.7 Å². The van der Waals surface area contributed by atoms with E-state index in [1.165, 1.54) is 0 Å². The summed E-state index contributed by atoms with van der Waals surface area (Å²) >= 11 is 0. The minimum absolute atomic E-state index is 0.00262. The normalized spacial score (nSPS) is 18.5. The van der Waals surface area contributed by atoms with Gasteiger partial charge < -0.3 is 15.0 Å².